The smallest absolute Gasteiger partial charge is 0.167 e. The molecule has 2 N–H and O–H groups in total. The van der Waals surface area contributed by atoms with E-state index in [4.69, 9.17) is 10.5 Å². The number of methoxy groups -OCH3 is 1. The van der Waals surface area contributed by atoms with Gasteiger partial charge in [-0.25, -0.2) is 9.37 Å². The topological polar surface area (TPSA) is 48.1 Å². The summed E-state index contributed by atoms with van der Waals surface area (Å²) in [5.74, 6) is -0.307. The lowest BCUT2D eigenvalue weighted by Crippen LogP contribution is -1.95. The van der Waals surface area contributed by atoms with Crippen molar-refractivity contribution in [3.63, 3.8) is 0 Å². The molecule has 2 aromatic rings. The van der Waals surface area contributed by atoms with Crippen LogP contribution in [0.25, 0.3) is 0 Å². The summed E-state index contributed by atoms with van der Waals surface area (Å²) in [4.78, 5) is 4.92. The highest BCUT2D eigenvalue weighted by molar-refractivity contribution is 9.10. The third-order valence-electron chi connectivity index (χ3n) is 2.22. The van der Waals surface area contributed by atoms with Crippen LogP contribution >= 0.6 is 27.7 Å². The molecule has 0 fully saturated rings. The molecule has 0 aliphatic carbocycles. The molecule has 1 aromatic heterocycles. The Kier molecular flexibility index (Phi) is 4.08. The Bertz CT molecular complexity index is 580. The van der Waals surface area contributed by atoms with Crippen LogP contribution in [0.2, 0.25) is 0 Å². The zero-order chi connectivity index (χ0) is 13.1. The molecular formula is C12H10BrFN2OS. The fourth-order valence-corrected chi connectivity index (χ4v) is 2.67. The van der Waals surface area contributed by atoms with Crippen LogP contribution in [0.3, 0.4) is 0 Å². The Balaban J connectivity index is 2.38. The summed E-state index contributed by atoms with van der Waals surface area (Å²) in [5, 5.41) is 0.762. The van der Waals surface area contributed by atoms with Crippen molar-refractivity contribution in [1.82, 2.24) is 4.98 Å². The van der Waals surface area contributed by atoms with E-state index >= 15 is 0 Å². The number of nitrogens with zero attached hydrogens (tertiary/aromatic N) is 1. The molecule has 18 heavy (non-hydrogen) atoms. The lowest BCUT2D eigenvalue weighted by Gasteiger charge is -2.09. The monoisotopic (exact) mass is 328 g/mol. The van der Waals surface area contributed by atoms with Gasteiger partial charge in [0.05, 0.1) is 11.6 Å². The second kappa shape index (κ2) is 5.58. The molecule has 2 rings (SSSR count). The number of pyridine rings is 1. The van der Waals surface area contributed by atoms with Gasteiger partial charge in [-0.2, -0.15) is 0 Å². The van der Waals surface area contributed by atoms with Crippen LogP contribution in [0, 0.1) is 5.82 Å². The van der Waals surface area contributed by atoms with E-state index in [9.17, 15) is 4.39 Å². The molecular weight excluding hydrogens is 319 g/mol. The first kappa shape index (κ1) is 13.2. The van der Waals surface area contributed by atoms with Crippen LogP contribution in [0.5, 0.6) is 5.75 Å². The average molecular weight is 329 g/mol. The molecule has 0 saturated carbocycles. The van der Waals surface area contributed by atoms with E-state index in [-0.39, 0.29) is 5.75 Å². The predicted octanol–water partition coefficient (Wildman–Crippen LogP) is 3.73. The van der Waals surface area contributed by atoms with Crippen LogP contribution in [0.4, 0.5) is 10.1 Å². The molecule has 0 radical (unpaired) electrons. The van der Waals surface area contributed by atoms with Gasteiger partial charge in [-0.15, -0.1) is 0 Å². The van der Waals surface area contributed by atoms with Gasteiger partial charge in [-0.3, -0.25) is 0 Å². The van der Waals surface area contributed by atoms with E-state index in [1.165, 1.54) is 24.9 Å². The van der Waals surface area contributed by atoms with E-state index in [1.54, 1.807) is 12.3 Å². The Hall–Kier alpha value is -1.27. The second-order valence-corrected chi connectivity index (χ2v) is 5.30. The van der Waals surface area contributed by atoms with Gasteiger partial charge in [0.2, 0.25) is 0 Å². The van der Waals surface area contributed by atoms with Crippen molar-refractivity contribution in [2.75, 3.05) is 12.8 Å². The second-order valence-electron chi connectivity index (χ2n) is 3.42. The van der Waals surface area contributed by atoms with Crippen molar-refractivity contribution in [2.24, 2.45) is 0 Å². The zero-order valence-corrected chi connectivity index (χ0v) is 11.9. The van der Waals surface area contributed by atoms with Crippen LogP contribution in [0.1, 0.15) is 0 Å². The summed E-state index contributed by atoms with van der Waals surface area (Å²) in [5.41, 5.74) is 6.14. The molecule has 0 atom stereocenters. The fraction of sp³-hybridized carbons (Fsp3) is 0.0833. The van der Waals surface area contributed by atoms with Gasteiger partial charge in [0.15, 0.2) is 11.6 Å². The number of nitrogen functional groups attached to an aromatic ring is 1. The van der Waals surface area contributed by atoms with Gasteiger partial charge >= 0.3 is 0 Å². The molecule has 0 bridgehead atoms. The third-order valence-corrected chi connectivity index (χ3v) is 4.21. The van der Waals surface area contributed by atoms with Crippen molar-refractivity contribution in [3.05, 3.63) is 40.8 Å². The maximum atomic E-state index is 13.4. The van der Waals surface area contributed by atoms with E-state index in [0.717, 1.165) is 9.50 Å². The molecule has 1 aromatic carbocycles. The van der Waals surface area contributed by atoms with Gasteiger partial charge in [0.25, 0.3) is 0 Å². The summed E-state index contributed by atoms with van der Waals surface area (Å²) >= 11 is 4.75. The van der Waals surface area contributed by atoms with Crippen molar-refractivity contribution < 1.29 is 9.13 Å². The minimum Gasteiger partial charge on any atom is -0.494 e. The fourth-order valence-electron chi connectivity index (χ4n) is 1.35. The molecule has 0 aliphatic rings. The van der Waals surface area contributed by atoms with Gasteiger partial charge in [-0.05, 0) is 34.1 Å². The molecule has 0 aliphatic heterocycles. The number of hydrogen-bond acceptors (Lipinski definition) is 4. The maximum Gasteiger partial charge on any atom is 0.167 e. The summed E-state index contributed by atoms with van der Waals surface area (Å²) in [6, 6.07) is 6.52. The van der Waals surface area contributed by atoms with E-state index in [1.807, 2.05) is 12.1 Å². The lowest BCUT2D eigenvalue weighted by molar-refractivity contribution is 0.385. The Morgan fingerprint density at radius 2 is 2.22 bits per heavy atom. The molecule has 3 nitrogen and oxygen atoms in total. The van der Waals surface area contributed by atoms with Crippen LogP contribution in [-0.4, -0.2) is 12.1 Å². The van der Waals surface area contributed by atoms with E-state index in [2.05, 4.69) is 20.9 Å². The van der Waals surface area contributed by atoms with Crippen molar-refractivity contribution in [2.45, 2.75) is 9.92 Å². The largest absolute Gasteiger partial charge is 0.494 e. The highest BCUT2D eigenvalue weighted by Crippen LogP contribution is 2.37. The number of halogens is 2. The normalized spacial score (nSPS) is 10.4. The molecule has 1 heterocycles. The van der Waals surface area contributed by atoms with Crippen LogP contribution in [-0.2, 0) is 0 Å². The molecule has 94 valence electrons. The Morgan fingerprint density at radius 1 is 1.44 bits per heavy atom. The summed E-state index contributed by atoms with van der Waals surface area (Å²) in [6.07, 6.45) is 1.68. The zero-order valence-electron chi connectivity index (χ0n) is 9.48. The van der Waals surface area contributed by atoms with Crippen molar-refractivity contribution >= 4 is 33.4 Å². The molecule has 6 heteroatoms. The van der Waals surface area contributed by atoms with Gasteiger partial charge in [-0.1, -0.05) is 11.8 Å². The number of ether oxygens (including phenoxy) is 1. The Labute approximate surface area is 117 Å². The Morgan fingerprint density at radius 3 is 2.89 bits per heavy atom. The van der Waals surface area contributed by atoms with Crippen molar-refractivity contribution in [3.8, 4) is 5.75 Å². The molecule has 0 spiro atoms. The minimum absolute atomic E-state index is 0.166. The van der Waals surface area contributed by atoms with Gasteiger partial charge in [0.1, 0.15) is 5.03 Å². The lowest BCUT2D eigenvalue weighted by atomic mass is 10.3. The first-order chi connectivity index (χ1) is 8.61. The number of anilines is 1. The van der Waals surface area contributed by atoms with Crippen molar-refractivity contribution in [1.29, 1.82) is 0 Å². The van der Waals surface area contributed by atoms with E-state index < -0.39 is 5.82 Å². The third kappa shape index (κ3) is 2.76. The molecule has 0 unspecified atom stereocenters. The van der Waals surface area contributed by atoms with Crippen LogP contribution in [0.15, 0.2) is 44.9 Å². The summed E-state index contributed by atoms with van der Waals surface area (Å²) in [6.45, 7) is 0. The average Bonchev–Trinajstić information content (AvgIpc) is 2.35. The van der Waals surface area contributed by atoms with Gasteiger partial charge in [0, 0.05) is 22.8 Å². The highest BCUT2D eigenvalue weighted by atomic mass is 79.9. The number of aromatic nitrogens is 1. The number of rotatable bonds is 3. The highest BCUT2D eigenvalue weighted by Gasteiger charge is 2.11. The quantitative estimate of drug-likeness (QED) is 0.872. The SMILES string of the molecule is COc1cc(Sc2ncccc2Br)c(N)cc1F. The number of hydrogen-bond donors (Lipinski definition) is 1. The predicted molar refractivity (Wildman–Crippen MR) is 73.4 cm³/mol. The summed E-state index contributed by atoms with van der Waals surface area (Å²) in [7, 11) is 1.42. The van der Waals surface area contributed by atoms with Crippen LogP contribution < -0.4 is 10.5 Å². The van der Waals surface area contributed by atoms with E-state index in [0.29, 0.717) is 10.6 Å². The molecule has 0 saturated heterocycles. The number of nitrogens with two attached hydrogens (primary N) is 1. The maximum absolute atomic E-state index is 13.4. The first-order valence-electron chi connectivity index (χ1n) is 5.03. The van der Waals surface area contributed by atoms with Gasteiger partial charge < -0.3 is 10.5 Å². The minimum atomic E-state index is -0.473. The summed E-state index contributed by atoms with van der Waals surface area (Å²) < 4.78 is 19.2. The number of benzene rings is 1. The molecule has 0 amide bonds. The first-order valence-corrected chi connectivity index (χ1v) is 6.64. The standard InChI is InChI=1S/C12H10BrFN2OS/c1-17-10-6-11(9(15)5-8(10)14)18-12-7(13)3-2-4-16-12/h2-6H,15H2,1H3.